The van der Waals surface area contributed by atoms with Crippen molar-refractivity contribution in [2.75, 3.05) is 13.7 Å². The number of aryl methyl sites for hydroxylation is 1. The van der Waals surface area contributed by atoms with Crippen molar-refractivity contribution in [3.8, 4) is 0 Å². The molecule has 1 aromatic heterocycles. The van der Waals surface area contributed by atoms with Gasteiger partial charge in [0.1, 0.15) is 24.7 Å². The number of rotatable bonds is 11. The second-order valence-corrected chi connectivity index (χ2v) is 12.2. The fraction of sp³-hybridized carbons (Fsp3) is 0.394. The first kappa shape index (κ1) is 31.0. The van der Waals surface area contributed by atoms with Crippen molar-refractivity contribution in [2.24, 2.45) is 0 Å². The number of thiophene rings is 1. The van der Waals surface area contributed by atoms with Crippen LogP contribution in [0, 0.1) is 0 Å². The Kier molecular flexibility index (Phi) is 10.1. The lowest BCUT2D eigenvalue weighted by Gasteiger charge is -2.47. The van der Waals surface area contributed by atoms with Gasteiger partial charge >= 0.3 is 11.9 Å². The second-order valence-electron chi connectivity index (χ2n) is 11.0. The van der Waals surface area contributed by atoms with Crippen LogP contribution in [0.4, 0.5) is 0 Å². The van der Waals surface area contributed by atoms with E-state index in [-0.39, 0.29) is 36.6 Å². The normalized spacial score (nSPS) is 23.0. The number of carbonyl (C=O) groups excluding carboxylic acids is 2. The van der Waals surface area contributed by atoms with Gasteiger partial charge in [-0.15, -0.1) is 11.3 Å². The molecule has 0 aliphatic carbocycles. The van der Waals surface area contributed by atoms with Crippen LogP contribution in [0.5, 0.6) is 0 Å². The van der Waals surface area contributed by atoms with E-state index in [1.165, 1.54) is 9.75 Å². The summed E-state index contributed by atoms with van der Waals surface area (Å²) in [6.45, 7) is 3.16. The average molecular weight is 596 g/mol. The zero-order chi connectivity index (χ0) is 28.2. The second kappa shape index (κ2) is 13.3. The van der Waals surface area contributed by atoms with Crippen LogP contribution in [-0.4, -0.2) is 53.4 Å². The van der Waals surface area contributed by atoms with Crippen LogP contribution in [0.25, 0.3) is 0 Å². The van der Waals surface area contributed by atoms with Crippen LogP contribution < -0.4 is 12.4 Å². The topological polar surface area (TPSA) is 72.8 Å². The molecule has 8 heteroatoms. The molecule has 5 rings (SSSR count). The molecule has 0 saturated carbocycles. The highest BCUT2D eigenvalue weighted by Crippen LogP contribution is 2.41. The van der Waals surface area contributed by atoms with Crippen LogP contribution in [0.1, 0.15) is 53.5 Å². The van der Waals surface area contributed by atoms with E-state index < -0.39 is 11.6 Å². The van der Waals surface area contributed by atoms with Crippen molar-refractivity contribution in [3.05, 3.63) is 106 Å². The smallest absolute Gasteiger partial charge is 0.347 e. The molecule has 2 aliphatic rings. The predicted molar refractivity (Wildman–Crippen MR) is 155 cm³/mol. The van der Waals surface area contributed by atoms with Gasteiger partial charge in [-0.3, -0.25) is 4.79 Å². The summed E-state index contributed by atoms with van der Waals surface area (Å²) in [5.41, 5.74) is -0.871. The zero-order valence-electron chi connectivity index (χ0n) is 23.6. The number of halogens is 1. The number of hydrogen-bond acceptors (Lipinski definition) is 6. The van der Waals surface area contributed by atoms with Crippen molar-refractivity contribution < 1.29 is 41.1 Å². The molecule has 1 saturated heterocycles. The fourth-order valence-corrected chi connectivity index (χ4v) is 7.31. The van der Waals surface area contributed by atoms with E-state index in [1.54, 1.807) is 24.3 Å². The van der Waals surface area contributed by atoms with E-state index in [0.717, 1.165) is 23.9 Å². The Balaban J connectivity index is 0.00000387. The number of aliphatic hydroxyl groups is 1. The van der Waals surface area contributed by atoms with Crippen LogP contribution in [-0.2, 0) is 37.6 Å². The van der Waals surface area contributed by atoms with E-state index in [1.807, 2.05) is 54.7 Å². The third kappa shape index (κ3) is 6.59. The van der Waals surface area contributed by atoms with Crippen LogP contribution in [0.2, 0.25) is 0 Å². The molecule has 2 aromatic carbocycles. The van der Waals surface area contributed by atoms with Gasteiger partial charge in [0, 0.05) is 24.1 Å². The lowest BCUT2D eigenvalue weighted by molar-refractivity contribution is -0.957. The Bertz CT molecular complexity index is 1290. The number of carbonyl (C=O) groups is 2. The highest BCUT2D eigenvalue weighted by Gasteiger charge is 2.51. The van der Waals surface area contributed by atoms with Crippen molar-refractivity contribution in [3.63, 3.8) is 0 Å². The van der Waals surface area contributed by atoms with Crippen LogP contribution in [0.15, 0.2) is 84.9 Å². The minimum absolute atomic E-state index is 0. The highest BCUT2D eigenvalue weighted by atomic mass is 35.5. The Morgan fingerprint density at radius 3 is 2.05 bits per heavy atom. The summed E-state index contributed by atoms with van der Waals surface area (Å²) >= 11 is 1.82. The first-order chi connectivity index (χ1) is 19.3. The van der Waals surface area contributed by atoms with Gasteiger partial charge in [-0.25, -0.2) is 4.79 Å². The van der Waals surface area contributed by atoms with Crippen LogP contribution in [0.3, 0.4) is 0 Å². The molecule has 1 unspecified atom stereocenters. The Morgan fingerprint density at radius 2 is 1.49 bits per heavy atom. The molecule has 0 radical (unpaired) electrons. The monoisotopic (exact) mass is 595 g/mol. The van der Waals surface area contributed by atoms with Crippen molar-refractivity contribution >= 4 is 23.3 Å². The van der Waals surface area contributed by atoms with E-state index >= 15 is 0 Å². The van der Waals surface area contributed by atoms with E-state index in [2.05, 4.69) is 31.3 Å². The minimum atomic E-state index is -1.87. The van der Waals surface area contributed by atoms with Crippen LogP contribution >= 0.6 is 11.3 Å². The van der Waals surface area contributed by atoms with Gasteiger partial charge in [-0.1, -0.05) is 60.7 Å². The van der Waals surface area contributed by atoms with Crippen molar-refractivity contribution in [2.45, 2.75) is 69.4 Å². The first-order valence-electron chi connectivity index (χ1n) is 14.1. The van der Waals surface area contributed by atoms with Gasteiger partial charge in [-0.05, 0) is 55.2 Å². The summed E-state index contributed by atoms with van der Waals surface area (Å²) in [5, 5.41) is 11.8. The molecule has 2 bridgehead atoms. The first-order valence-corrected chi connectivity index (χ1v) is 15.0. The van der Waals surface area contributed by atoms with Gasteiger partial charge in [0.15, 0.2) is 0 Å². The van der Waals surface area contributed by atoms with Gasteiger partial charge in [0.05, 0.1) is 18.5 Å². The Hall–Kier alpha value is -2.97. The van der Waals surface area contributed by atoms with Gasteiger partial charge in [0.25, 0.3) is 0 Å². The maximum atomic E-state index is 13.7. The lowest BCUT2D eigenvalue weighted by Crippen LogP contribution is -3.00. The Morgan fingerprint density at radius 1 is 0.927 bits per heavy atom. The molecule has 218 valence electrons. The number of quaternary nitrogens is 1. The third-order valence-electron chi connectivity index (χ3n) is 8.35. The third-order valence-corrected chi connectivity index (χ3v) is 9.48. The molecule has 4 atom stereocenters. The molecule has 3 aromatic rings. The number of ether oxygens (including phenoxy) is 2. The SMILES string of the molecule is CCOC(=O)CCCc1ccc(C[N+]2(C)[C@@H]3C=C[C@H]2C[C@@H](OC(=O)C(O)(c2ccccc2)c2ccccc2)C3)s1.[Cl-]. The van der Waals surface area contributed by atoms with E-state index in [4.69, 9.17) is 9.47 Å². The Labute approximate surface area is 252 Å². The molecule has 1 N–H and O–H groups in total. The largest absolute Gasteiger partial charge is 1.00 e. The number of fused-ring (bicyclic) bond motifs is 2. The molecule has 6 nitrogen and oxygen atoms in total. The number of piperidine rings is 1. The molecular formula is C33H38ClNO5S. The number of hydrogen-bond donors (Lipinski definition) is 1. The number of benzene rings is 2. The zero-order valence-corrected chi connectivity index (χ0v) is 25.2. The molecule has 41 heavy (non-hydrogen) atoms. The van der Waals surface area contributed by atoms with Crippen molar-refractivity contribution in [1.29, 1.82) is 0 Å². The number of likely N-dealkylation sites (N-methyl/N-ethyl adjacent to an activating group) is 1. The summed E-state index contributed by atoms with van der Waals surface area (Å²) in [4.78, 5) is 27.9. The highest BCUT2D eigenvalue weighted by molar-refractivity contribution is 7.11. The lowest BCUT2D eigenvalue weighted by atomic mass is 9.86. The van der Waals surface area contributed by atoms with E-state index in [0.29, 0.717) is 37.0 Å². The molecule has 0 amide bonds. The van der Waals surface area contributed by atoms with Gasteiger partial charge in [0.2, 0.25) is 5.60 Å². The fourth-order valence-electron chi connectivity index (χ4n) is 6.12. The maximum absolute atomic E-state index is 13.7. The molecule has 3 heterocycles. The molecule has 1 fully saturated rings. The predicted octanol–water partition coefficient (Wildman–Crippen LogP) is 2.53. The number of esters is 2. The average Bonchev–Trinajstić information content (AvgIpc) is 3.43. The molecular weight excluding hydrogens is 558 g/mol. The quantitative estimate of drug-likeness (QED) is 0.210. The summed E-state index contributed by atoms with van der Waals surface area (Å²) in [6, 6.07) is 22.9. The van der Waals surface area contributed by atoms with Gasteiger partial charge in [-0.2, -0.15) is 0 Å². The number of nitrogens with zero attached hydrogens (tertiary/aromatic N) is 1. The summed E-state index contributed by atoms with van der Waals surface area (Å²) in [6.07, 6.45) is 7.82. The minimum Gasteiger partial charge on any atom is -1.00 e. The standard InChI is InChI=1S/C33H38NO5S.ClH/c1-3-38-31(35)16-10-15-29-19-20-30(40-29)23-34(2)26-17-18-27(34)22-28(21-26)39-32(36)33(37,24-11-6-4-7-12-24)25-13-8-5-9-14-25;/h4-9,11-14,17-20,26-28,37H,3,10,15-16,21-23H2,1-2H3;1H/q+1;/p-1/t26-,27+,28+,34?;. The maximum Gasteiger partial charge on any atom is 0.347 e. The molecule has 0 spiro atoms. The summed E-state index contributed by atoms with van der Waals surface area (Å²) < 4.78 is 12.0. The molecule has 2 aliphatic heterocycles. The summed E-state index contributed by atoms with van der Waals surface area (Å²) in [5.74, 6) is -0.759. The summed E-state index contributed by atoms with van der Waals surface area (Å²) in [7, 11) is 2.29. The van der Waals surface area contributed by atoms with Crippen molar-refractivity contribution in [1.82, 2.24) is 0 Å². The van der Waals surface area contributed by atoms with E-state index in [9.17, 15) is 14.7 Å². The van der Waals surface area contributed by atoms with Gasteiger partial charge < -0.3 is 31.5 Å².